The third kappa shape index (κ3) is 4.99. The van der Waals surface area contributed by atoms with Crippen molar-refractivity contribution in [1.29, 1.82) is 0 Å². The molecule has 0 amide bonds. The Morgan fingerprint density at radius 3 is 2.88 bits per heavy atom. The molecule has 0 radical (unpaired) electrons. The lowest BCUT2D eigenvalue weighted by Gasteiger charge is -2.23. The predicted octanol–water partition coefficient (Wildman–Crippen LogP) is 4.55. The normalized spacial score (nSPS) is 18.0. The van der Waals surface area contributed by atoms with Gasteiger partial charge >= 0.3 is 0 Å². The quantitative estimate of drug-likeness (QED) is 0.713. The van der Waals surface area contributed by atoms with E-state index >= 15 is 0 Å². The van der Waals surface area contributed by atoms with Crippen LogP contribution >= 0.6 is 15.9 Å². The molecule has 2 aromatic rings. The Labute approximate surface area is 162 Å². The van der Waals surface area contributed by atoms with Crippen molar-refractivity contribution in [2.24, 2.45) is 0 Å². The van der Waals surface area contributed by atoms with Crippen LogP contribution in [0.4, 0.5) is 11.5 Å². The molecule has 0 saturated carbocycles. The summed E-state index contributed by atoms with van der Waals surface area (Å²) in [5, 5.41) is 17.8. The molecule has 1 aliphatic rings. The van der Waals surface area contributed by atoms with Crippen LogP contribution in [0.25, 0.3) is 0 Å². The number of anilines is 2. The van der Waals surface area contributed by atoms with E-state index in [0.717, 1.165) is 41.1 Å². The maximum atomic E-state index is 9.85. The van der Waals surface area contributed by atoms with Crippen LogP contribution in [0.5, 0.6) is 5.75 Å². The number of aryl methyl sites for hydroxylation is 1. The molecule has 1 fully saturated rings. The van der Waals surface area contributed by atoms with Gasteiger partial charge in [0.15, 0.2) is 12.0 Å². The molecular formula is C19H26BrN3O3. The predicted molar refractivity (Wildman–Crippen MR) is 105 cm³/mol. The van der Waals surface area contributed by atoms with E-state index < -0.39 is 5.60 Å². The molecule has 1 atom stereocenters. The number of ether oxygens (including phenoxy) is 2. The molecule has 1 saturated heterocycles. The van der Waals surface area contributed by atoms with Crippen molar-refractivity contribution in [3.63, 3.8) is 0 Å². The van der Waals surface area contributed by atoms with Crippen LogP contribution in [-0.4, -0.2) is 33.7 Å². The molecule has 0 spiro atoms. The first kappa shape index (κ1) is 19.2. The minimum atomic E-state index is -0.890. The molecule has 7 heteroatoms. The summed E-state index contributed by atoms with van der Waals surface area (Å²) >= 11 is 3.48. The van der Waals surface area contributed by atoms with Gasteiger partial charge < -0.3 is 19.9 Å². The number of rotatable bonds is 6. The van der Waals surface area contributed by atoms with Gasteiger partial charge in [-0.2, -0.15) is 5.10 Å². The van der Waals surface area contributed by atoms with E-state index in [2.05, 4.69) is 26.3 Å². The first-order chi connectivity index (χ1) is 12.3. The van der Waals surface area contributed by atoms with E-state index in [0.29, 0.717) is 5.75 Å². The van der Waals surface area contributed by atoms with Crippen LogP contribution in [0, 0.1) is 6.92 Å². The van der Waals surface area contributed by atoms with Gasteiger partial charge in [-0.25, -0.2) is 4.68 Å². The monoisotopic (exact) mass is 423 g/mol. The van der Waals surface area contributed by atoms with Gasteiger partial charge in [-0.15, -0.1) is 0 Å². The van der Waals surface area contributed by atoms with Gasteiger partial charge in [0.2, 0.25) is 0 Å². The lowest BCUT2D eigenvalue weighted by molar-refractivity contribution is -0.0404. The molecule has 1 unspecified atom stereocenters. The number of hydrogen-bond donors (Lipinski definition) is 2. The molecule has 0 bridgehead atoms. The number of benzene rings is 1. The second-order valence-corrected chi connectivity index (χ2v) is 8.16. The van der Waals surface area contributed by atoms with Crippen LogP contribution in [0.15, 0.2) is 28.7 Å². The summed E-state index contributed by atoms with van der Waals surface area (Å²) in [4.78, 5) is 0. The standard InChI is InChI=1S/C19H26BrN3O3/c1-13-10-17(22-23(13)18-6-4-5-9-25-18)21-14-7-8-15(20)16(11-14)26-12-19(2,3)24/h7-8,10-11,18,24H,4-6,9,12H2,1-3H3,(H,21,22). The molecule has 0 aliphatic carbocycles. The zero-order valence-corrected chi connectivity index (χ0v) is 17.0. The van der Waals surface area contributed by atoms with Crippen LogP contribution in [-0.2, 0) is 4.74 Å². The lowest BCUT2D eigenvalue weighted by atomic mass is 10.2. The van der Waals surface area contributed by atoms with E-state index in [-0.39, 0.29) is 12.8 Å². The maximum Gasteiger partial charge on any atom is 0.152 e. The highest BCUT2D eigenvalue weighted by Crippen LogP contribution is 2.31. The number of nitrogens with zero attached hydrogens (tertiary/aromatic N) is 2. The number of aromatic nitrogens is 2. The van der Waals surface area contributed by atoms with Crippen molar-refractivity contribution < 1.29 is 14.6 Å². The SMILES string of the molecule is Cc1cc(Nc2ccc(Br)c(OCC(C)(C)O)c2)nn1C1CCCCO1. The molecule has 142 valence electrons. The number of aliphatic hydroxyl groups is 1. The van der Waals surface area contributed by atoms with Gasteiger partial charge in [-0.1, -0.05) is 0 Å². The van der Waals surface area contributed by atoms with Gasteiger partial charge in [-0.05, 0) is 68.1 Å². The minimum absolute atomic E-state index is 0.0231. The molecule has 3 rings (SSSR count). The van der Waals surface area contributed by atoms with E-state index in [1.54, 1.807) is 13.8 Å². The lowest BCUT2D eigenvalue weighted by Crippen LogP contribution is -2.27. The smallest absolute Gasteiger partial charge is 0.152 e. The van der Waals surface area contributed by atoms with Gasteiger partial charge in [-0.3, -0.25) is 0 Å². The zero-order chi connectivity index (χ0) is 18.7. The Bertz CT molecular complexity index is 749. The van der Waals surface area contributed by atoms with Crippen molar-refractivity contribution >= 4 is 27.4 Å². The van der Waals surface area contributed by atoms with Gasteiger partial charge in [0.05, 0.1) is 10.1 Å². The Morgan fingerprint density at radius 1 is 1.38 bits per heavy atom. The fourth-order valence-electron chi connectivity index (χ4n) is 2.85. The van der Waals surface area contributed by atoms with Crippen molar-refractivity contribution in [2.45, 2.75) is 51.9 Å². The molecule has 2 N–H and O–H groups in total. The highest BCUT2D eigenvalue weighted by Gasteiger charge is 2.19. The highest BCUT2D eigenvalue weighted by molar-refractivity contribution is 9.10. The molecule has 2 heterocycles. The Morgan fingerprint density at radius 2 is 2.19 bits per heavy atom. The minimum Gasteiger partial charge on any atom is -0.489 e. The summed E-state index contributed by atoms with van der Waals surface area (Å²) < 4.78 is 14.3. The van der Waals surface area contributed by atoms with Gasteiger partial charge in [0.1, 0.15) is 12.4 Å². The van der Waals surface area contributed by atoms with Crippen LogP contribution in [0.1, 0.15) is 45.0 Å². The fourth-order valence-corrected chi connectivity index (χ4v) is 3.21. The second kappa shape index (κ2) is 7.98. The van der Waals surface area contributed by atoms with Crippen molar-refractivity contribution in [3.05, 3.63) is 34.4 Å². The fraction of sp³-hybridized carbons (Fsp3) is 0.526. The zero-order valence-electron chi connectivity index (χ0n) is 15.5. The first-order valence-corrected chi connectivity index (χ1v) is 9.71. The second-order valence-electron chi connectivity index (χ2n) is 7.31. The van der Waals surface area contributed by atoms with E-state index in [1.165, 1.54) is 6.42 Å². The summed E-state index contributed by atoms with van der Waals surface area (Å²) in [6.07, 6.45) is 3.31. The Hall–Kier alpha value is -1.57. The average molecular weight is 424 g/mol. The molecule has 26 heavy (non-hydrogen) atoms. The maximum absolute atomic E-state index is 9.85. The van der Waals surface area contributed by atoms with Crippen molar-refractivity contribution in [1.82, 2.24) is 9.78 Å². The first-order valence-electron chi connectivity index (χ1n) is 8.91. The topological polar surface area (TPSA) is 68.5 Å². The van der Waals surface area contributed by atoms with Crippen LogP contribution < -0.4 is 10.1 Å². The van der Waals surface area contributed by atoms with E-state index in [1.807, 2.05) is 35.9 Å². The third-order valence-corrected chi connectivity index (χ3v) is 4.79. The van der Waals surface area contributed by atoms with Gasteiger partial charge in [0.25, 0.3) is 0 Å². The summed E-state index contributed by atoms with van der Waals surface area (Å²) in [5.74, 6) is 1.44. The number of hydrogen-bond acceptors (Lipinski definition) is 5. The molecule has 6 nitrogen and oxygen atoms in total. The summed E-state index contributed by atoms with van der Waals surface area (Å²) in [5.41, 5.74) is 1.04. The molecule has 1 aliphatic heterocycles. The number of halogens is 1. The average Bonchev–Trinajstić information content (AvgIpc) is 2.96. The van der Waals surface area contributed by atoms with E-state index in [9.17, 15) is 5.11 Å². The summed E-state index contributed by atoms with van der Waals surface area (Å²) in [7, 11) is 0. The molecule has 1 aromatic heterocycles. The van der Waals surface area contributed by atoms with Crippen LogP contribution in [0.3, 0.4) is 0 Å². The summed E-state index contributed by atoms with van der Waals surface area (Å²) in [6.45, 7) is 6.47. The largest absolute Gasteiger partial charge is 0.489 e. The molecular weight excluding hydrogens is 398 g/mol. The Kier molecular flexibility index (Phi) is 5.89. The van der Waals surface area contributed by atoms with E-state index in [4.69, 9.17) is 9.47 Å². The van der Waals surface area contributed by atoms with Crippen LogP contribution in [0.2, 0.25) is 0 Å². The summed E-state index contributed by atoms with van der Waals surface area (Å²) in [6, 6.07) is 7.77. The van der Waals surface area contributed by atoms with Gasteiger partial charge in [0, 0.05) is 30.1 Å². The third-order valence-electron chi connectivity index (χ3n) is 4.14. The highest BCUT2D eigenvalue weighted by atomic mass is 79.9. The van der Waals surface area contributed by atoms with Crippen molar-refractivity contribution in [2.75, 3.05) is 18.5 Å². The number of nitrogens with one attached hydrogen (secondary N) is 1. The van der Waals surface area contributed by atoms with Crippen molar-refractivity contribution in [3.8, 4) is 5.75 Å². The molecule has 1 aromatic carbocycles. The Balaban J connectivity index is 1.72.